The summed E-state index contributed by atoms with van der Waals surface area (Å²) in [7, 11) is 0. The first kappa shape index (κ1) is 16.6. The van der Waals surface area contributed by atoms with Gasteiger partial charge in [-0.2, -0.15) is 0 Å². The van der Waals surface area contributed by atoms with Gasteiger partial charge in [0.05, 0.1) is 13.0 Å². The monoisotopic (exact) mass is 346 g/mol. The summed E-state index contributed by atoms with van der Waals surface area (Å²) >= 11 is 0. The summed E-state index contributed by atoms with van der Waals surface area (Å²) in [4.78, 5) is 18.9. The van der Waals surface area contributed by atoms with Gasteiger partial charge in [-0.05, 0) is 28.8 Å². The molecule has 0 N–H and O–H groups in total. The van der Waals surface area contributed by atoms with Crippen molar-refractivity contribution < 1.29 is 9.53 Å². The predicted octanol–water partition coefficient (Wildman–Crippen LogP) is 3.77. The zero-order valence-corrected chi connectivity index (χ0v) is 14.9. The number of aryl methyl sites for hydroxylation is 1. The van der Waals surface area contributed by atoms with Crippen LogP contribution in [0.25, 0.3) is 10.8 Å². The van der Waals surface area contributed by atoms with E-state index in [2.05, 4.69) is 23.2 Å². The summed E-state index contributed by atoms with van der Waals surface area (Å²) in [5.74, 6) is 0.785. The number of ether oxygens (including phenoxy) is 1. The number of rotatable bonds is 4. The van der Waals surface area contributed by atoms with Crippen molar-refractivity contribution in [1.29, 1.82) is 0 Å². The molecule has 0 spiro atoms. The average Bonchev–Trinajstić information content (AvgIpc) is 3.13. The Kier molecular flexibility index (Phi) is 4.57. The first-order valence-corrected chi connectivity index (χ1v) is 9.03. The van der Waals surface area contributed by atoms with Crippen LogP contribution >= 0.6 is 0 Å². The van der Waals surface area contributed by atoms with Gasteiger partial charge < -0.3 is 9.64 Å². The van der Waals surface area contributed by atoms with E-state index in [1.807, 2.05) is 48.2 Å². The van der Waals surface area contributed by atoms with Crippen LogP contribution in [0.1, 0.15) is 17.5 Å². The summed E-state index contributed by atoms with van der Waals surface area (Å²) in [5, 5.41) is 2.32. The van der Waals surface area contributed by atoms with E-state index in [-0.39, 0.29) is 12.0 Å². The van der Waals surface area contributed by atoms with Crippen LogP contribution in [0.3, 0.4) is 0 Å². The van der Waals surface area contributed by atoms with Crippen molar-refractivity contribution in [3.8, 4) is 5.88 Å². The van der Waals surface area contributed by atoms with E-state index < -0.39 is 0 Å². The number of likely N-dealkylation sites (tertiary alicyclic amines) is 1. The summed E-state index contributed by atoms with van der Waals surface area (Å²) in [6.45, 7) is 3.36. The van der Waals surface area contributed by atoms with Crippen molar-refractivity contribution in [3.63, 3.8) is 0 Å². The Morgan fingerprint density at radius 1 is 1.15 bits per heavy atom. The zero-order chi connectivity index (χ0) is 17.9. The molecule has 0 aliphatic carbocycles. The Bertz CT molecular complexity index is 916. The number of carbonyl (C=O) groups is 1. The lowest BCUT2D eigenvalue weighted by Crippen LogP contribution is -2.32. The normalized spacial score (nSPS) is 16.8. The summed E-state index contributed by atoms with van der Waals surface area (Å²) in [6, 6.07) is 18.2. The van der Waals surface area contributed by atoms with Crippen molar-refractivity contribution in [2.75, 3.05) is 13.1 Å². The summed E-state index contributed by atoms with van der Waals surface area (Å²) < 4.78 is 5.93. The second kappa shape index (κ2) is 7.16. The van der Waals surface area contributed by atoms with E-state index in [4.69, 9.17) is 4.74 Å². The molecule has 4 rings (SSSR count). The third-order valence-corrected chi connectivity index (χ3v) is 4.89. The largest absolute Gasteiger partial charge is 0.472 e. The minimum atomic E-state index is 0.0154. The first-order valence-electron chi connectivity index (χ1n) is 9.03. The fourth-order valence-corrected chi connectivity index (χ4v) is 3.47. The van der Waals surface area contributed by atoms with Crippen molar-refractivity contribution in [1.82, 2.24) is 9.88 Å². The molecule has 132 valence electrons. The van der Waals surface area contributed by atoms with Gasteiger partial charge in [0.2, 0.25) is 11.8 Å². The van der Waals surface area contributed by atoms with E-state index >= 15 is 0 Å². The molecule has 4 nitrogen and oxygen atoms in total. The van der Waals surface area contributed by atoms with Crippen molar-refractivity contribution in [3.05, 3.63) is 71.9 Å². The van der Waals surface area contributed by atoms with Crippen molar-refractivity contribution in [2.24, 2.45) is 0 Å². The van der Waals surface area contributed by atoms with Crippen LogP contribution in [0.4, 0.5) is 0 Å². The molecule has 4 heteroatoms. The molecule has 1 unspecified atom stereocenters. The molecule has 1 aromatic heterocycles. The van der Waals surface area contributed by atoms with Crippen LogP contribution in [-0.2, 0) is 11.2 Å². The number of aromatic nitrogens is 1. The second-order valence-corrected chi connectivity index (χ2v) is 6.86. The standard InChI is InChI=1S/C22H22N2O2/c1-16-9-10-21(23-14-16)26-19-11-12-24(15-19)22(25)13-18-7-4-6-17-5-2-3-8-20(17)18/h2-10,14,19H,11-13,15H2,1H3. The quantitative estimate of drug-likeness (QED) is 0.722. The Morgan fingerprint density at radius 2 is 2.00 bits per heavy atom. The number of amides is 1. The van der Waals surface area contributed by atoms with Gasteiger partial charge in [-0.3, -0.25) is 4.79 Å². The van der Waals surface area contributed by atoms with Gasteiger partial charge in [-0.25, -0.2) is 4.98 Å². The van der Waals surface area contributed by atoms with Gasteiger partial charge in [0.15, 0.2) is 0 Å². The SMILES string of the molecule is Cc1ccc(OC2CCN(C(=O)Cc3cccc4ccccc34)C2)nc1. The van der Waals surface area contributed by atoms with Crippen molar-refractivity contribution in [2.45, 2.75) is 25.9 Å². The van der Waals surface area contributed by atoms with Gasteiger partial charge in [-0.15, -0.1) is 0 Å². The number of hydrogen-bond donors (Lipinski definition) is 0. The highest BCUT2D eigenvalue weighted by Gasteiger charge is 2.28. The van der Waals surface area contributed by atoms with E-state index in [0.29, 0.717) is 18.8 Å². The van der Waals surface area contributed by atoms with Crippen LogP contribution < -0.4 is 4.74 Å². The fourth-order valence-electron chi connectivity index (χ4n) is 3.47. The molecule has 1 fully saturated rings. The molecule has 1 aliphatic heterocycles. The highest BCUT2D eigenvalue weighted by molar-refractivity contribution is 5.90. The molecule has 1 atom stereocenters. The number of hydrogen-bond acceptors (Lipinski definition) is 3. The molecule has 1 amide bonds. The number of carbonyl (C=O) groups excluding carboxylic acids is 1. The number of nitrogens with zero attached hydrogens (tertiary/aromatic N) is 2. The number of fused-ring (bicyclic) bond motifs is 1. The summed E-state index contributed by atoms with van der Waals surface area (Å²) in [6.07, 6.45) is 3.09. The van der Waals surface area contributed by atoms with E-state index in [1.165, 1.54) is 5.39 Å². The minimum absolute atomic E-state index is 0.0154. The Hall–Kier alpha value is -2.88. The fraction of sp³-hybridized carbons (Fsp3) is 0.273. The lowest BCUT2D eigenvalue weighted by molar-refractivity contribution is -0.129. The zero-order valence-electron chi connectivity index (χ0n) is 14.9. The van der Waals surface area contributed by atoms with E-state index in [1.54, 1.807) is 6.20 Å². The topological polar surface area (TPSA) is 42.4 Å². The van der Waals surface area contributed by atoms with Crippen LogP contribution in [0.2, 0.25) is 0 Å². The van der Waals surface area contributed by atoms with Gasteiger partial charge >= 0.3 is 0 Å². The molecular weight excluding hydrogens is 324 g/mol. The van der Waals surface area contributed by atoms with E-state index in [9.17, 15) is 4.79 Å². The number of pyridine rings is 1. The Morgan fingerprint density at radius 3 is 2.85 bits per heavy atom. The van der Waals surface area contributed by atoms with Gasteiger partial charge in [0.25, 0.3) is 0 Å². The lowest BCUT2D eigenvalue weighted by atomic mass is 10.0. The molecule has 2 aromatic carbocycles. The van der Waals surface area contributed by atoms with E-state index in [0.717, 1.165) is 29.5 Å². The Balaban J connectivity index is 1.40. The minimum Gasteiger partial charge on any atom is -0.472 e. The Labute approximate surface area is 153 Å². The third-order valence-electron chi connectivity index (χ3n) is 4.89. The van der Waals surface area contributed by atoms with Gasteiger partial charge in [0, 0.05) is 25.2 Å². The number of benzene rings is 2. The molecule has 1 saturated heterocycles. The molecule has 0 radical (unpaired) electrons. The van der Waals surface area contributed by atoms with Crippen LogP contribution in [0.15, 0.2) is 60.8 Å². The van der Waals surface area contributed by atoms with Crippen LogP contribution in [0, 0.1) is 6.92 Å². The van der Waals surface area contributed by atoms with Gasteiger partial charge in [-0.1, -0.05) is 48.5 Å². The maximum atomic E-state index is 12.8. The molecule has 0 saturated carbocycles. The predicted molar refractivity (Wildman–Crippen MR) is 102 cm³/mol. The molecular formula is C22H22N2O2. The lowest BCUT2D eigenvalue weighted by Gasteiger charge is -2.17. The maximum absolute atomic E-state index is 12.8. The summed E-state index contributed by atoms with van der Waals surface area (Å²) in [5.41, 5.74) is 2.19. The maximum Gasteiger partial charge on any atom is 0.227 e. The third kappa shape index (κ3) is 3.54. The highest BCUT2D eigenvalue weighted by Crippen LogP contribution is 2.21. The van der Waals surface area contributed by atoms with Crippen LogP contribution in [-0.4, -0.2) is 35.0 Å². The molecule has 2 heterocycles. The first-order chi connectivity index (χ1) is 12.7. The molecule has 0 bridgehead atoms. The highest BCUT2D eigenvalue weighted by atomic mass is 16.5. The smallest absolute Gasteiger partial charge is 0.227 e. The average molecular weight is 346 g/mol. The molecule has 26 heavy (non-hydrogen) atoms. The van der Waals surface area contributed by atoms with Gasteiger partial charge in [0.1, 0.15) is 6.10 Å². The molecule has 3 aromatic rings. The van der Waals surface area contributed by atoms with Crippen molar-refractivity contribution >= 4 is 16.7 Å². The molecule has 1 aliphatic rings. The van der Waals surface area contributed by atoms with Crippen LogP contribution in [0.5, 0.6) is 5.88 Å². The second-order valence-electron chi connectivity index (χ2n) is 6.86.